The Bertz CT molecular complexity index is 435. The van der Waals surface area contributed by atoms with Crippen LogP contribution in [0.4, 0.5) is 0 Å². The molecule has 0 aromatic carbocycles. The lowest BCUT2D eigenvalue weighted by Crippen LogP contribution is -2.56. The van der Waals surface area contributed by atoms with Crippen LogP contribution in [-0.4, -0.2) is 84.0 Å². The molecule has 2 saturated heterocycles. The molecule has 1 amide bonds. The van der Waals surface area contributed by atoms with E-state index >= 15 is 0 Å². The van der Waals surface area contributed by atoms with Crippen molar-refractivity contribution >= 4 is 5.91 Å². The smallest absolute Gasteiger partial charge is 0.219 e. The van der Waals surface area contributed by atoms with Crippen molar-refractivity contribution in [3.8, 4) is 0 Å². The third-order valence-electron chi connectivity index (χ3n) is 6.62. The highest BCUT2D eigenvalue weighted by molar-refractivity contribution is 5.73. The van der Waals surface area contributed by atoms with E-state index in [1.54, 1.807) is 6.92 Å². The van der Waals surface area contributed by atoms with Crippen molar-refractivity contribution in [2.45, 2.75) is 77.4 Å². The van der Waals surface area contributed by atoms with Crippen molar-refractivity contribution in [3.63, 3.8) is 0 Å². The van der Waals surface area contributed by atoms with Crippen LogP contribution in [0.5, 0.6) is 0 Å². The van der Waals surface area contributed by atoms with Crippen LogP contribution in [0, 0.1) is 0 Å². The SMILES string of the molecule is CC(=O)N1CCN(C(C)(C)CCC(C)(C)N(C)C[C@@H]2CCCN2)CC1. The Morgan fingerprint density at radius 3 is 2.28 bits per heavy atom. The number of rotatable bonds is 7. The molecule has 2 aliphatic heterocycles. The van der Waals surface area contributed by atoms with Gasteiger partial charge >= 0.3 is 0 Å². The Kier molecular flexibility index (Phi) is 6.91. The van der Waals surface area contributed by atoms with Gasteiger partial charge in [-0.2, -0.15) is 0 Å². The molecular weight excluding hydrogens is 312 g/mol. The van der Waals surface area contributed by atoms with Crippen LogP contribution in [-0.2, 0) is 4.79 Å². The number of hydrogen-bond donors (Lipinski definition) is 1. The molecule has 2 aliphatic rings. The van der Waals surface area contributed by atoms with Crippen molar-refractivity contribution in [2.75, 3.05) is 46.3 Å². The lowest BCUT2D eigenvalue weighted by atomic mass is 9.86. The Hall–Kier alpha value is -0.650. The van der Waals surface area contributed by atoms with E-state index in [4.69, 9.17) is 0 Å². The van der Waals surface area contributed by atoms with Gasteiger partial charge < -0.3 is 10.2 Å². The number of nitrogens with zero attached hydrogens (tertiary/aromatic N) is 3. The number of piperazine rings is 1. The lowest BCUT2D eigenvalue weighted by Gasteiger charge is -2.46. The molecule has 5 nitrogen and oxygen atoms in total. The molecule has 2 heterocycles. The molecule has 0 aliphatic carbocycles. The third kappa shape index (κ3) is 5.66. The number of amides is 1. The molecule has 2 rings (SSSR count). The summed E-state index contributed by atoms with van der Waals surface area (Å²) in [5.41, 5.74) is 0.398. The Morgan fingerprint density at radius 1 is 1.12 bits per heavy atom. The molecule has 5 heteroatoms. The second-order valence-corrected chi connectivity index (χ2v) is 9.29. The fourth-order valence-corrected chi connectivity index (χ4v) is 4.08. The summed E-state index contributed by atoms with van der Waals surface area (Å²) in [6.07, 6.45) is 5.00. The number of hydrogen-bond acceptors (Lipinski definition) is 4. The van der Waals surface area contributed by atoms with E-state index in [9.17, 15) is 4.79 Å². The minimum absolute atomic E-state index is 0.187. The molecule has 0 bridgehead atoms. The van der Waals surface area contributed by atoms with E-state index in [0.717, 1.165) is 32.7 Å². The lowest BCUT2D eigenvalue weighted by molar-refractivity contribution is -0.131. The van der Waals surface area contributed by atoms with Crippen LogP contribution in [0.1, 0.15) is 60.3 Å². The predicted octanol–water partition coefficient (Wildman–Crippen LogP) is 2.17. The van der Waals surface area contributed by atoms with Gasteiger partial charge in [-0.15, -0.1) is 0 Å². The molecule has 2 fully saturated rings. The van der Waals surface area contributed by atoms with Gasteiger partial charge in [0.25, 0.3) is 0 Å². The Balaban J connectivity index is 1.82. The van der Waals surface area contributed by atoms with E-state index < -0.39 is 0 Å². The van der Waals surface area contributed by atoms with Gasteiger partial charge in [-0.1, -0.05) is 0 Å². The molecule has 0 saturated carbocycles. The fraction of sp³-hybridized carbons (Fsp3) is 0.950. The molecule has 0 spiro atoms. The van der Waals surface area contributed by atoms with E-state index in [2.05, 4.69) is 49.9 Å². The van der Waals surface area contributed by atoms with Crippen LogP contribution < -0.4 is 5.32 Å². The Morgan fingerprint density at radius 2 is 1.76 bits per heavy atom. The summed E-state index contributed by atoms with van der Waals surface area (Å²) in [5.74, 6) is 0.209. The van der Waals surface area contributed by atoms with Gasteiger partial charge in [-0.05, 0) is 67.0 Å². The maximum atomic E-state index is 11.5. The van der Waals surface area contributed by atoms with E-state index in [0.29, 0.717) is 6.04 Å². The summed E-state index contributed by atoms with van der Waals surface area (Å²) in [4.78, 5) is 18.6. The van der Waals surface area contributed by atoms with E-state index in [1.807, 2.05) is 4.90 Å². The highest BCUT2D eigenvalue weighted by atomic mass is 16.2. The van der Waals surface area contributed by atoms with Crippen LogP contribution in [0.2, 0.25) is 0 Å². The second-order valence-electron chi connectivity index (χ2n) is 9.29. The van der Waals surface area contributed by atoms with Gasteiger partial charge in [0, 0.05) is 56.8 Å². The molecular formula is C20H40N4O. The Labute approximate surface area is 155 Å². The van der Waals surface area contributed by atoms with Gasteiger partial charge in [-0.25, -0.2) is 0 Å². The molecule has 146 valence electrons. The monoisotopic (exact) mass is 352 g/mol. The summed E-state index contributed by atoms with van der Waals surface area (Å²) in [6, 6.07) is 0.664. The normalized spacial score (nSPS) is 23.5. The molecule has 0 aromatic rings. The van der Waals surface area contributed by atoms with Crippen molar-refractivity contribution in [3.05, 3.63) is 0 Å². The summed E-state index contributed by atoms with van der Waals surface area (Å²) in [5, 5.41) is 3.61. The van der Waals surface area contributed by atoms with Crippen LogP contribution in [0.15, 0.2) is 0 Å². The quantitative estimate of drug-likeness (QED) is 0.762. The summed E-state index contributed by atoms with van der Waals surface area (Å²) < 4.78 is 0. The summed E-state index contributed by atoms with van der Waals surface area (Å²) >= 11 is 0. The molecule has 1 N–H and O–H groups in total. The van der Waals surface area contributed by atoms with Gasteiger partial charge in [0.15, 0.2) is 0 Å². The zero-order valence-corrected chi connectivity index (χ0v) is 17.4. The topological polar surface area (TPSA) is 38.8 Å². The first-order chi connectivity index (χ1) is 11.6. The van der Waals surface area contributed by atoms with E-state index in [1.165, 1.54) is 32.2 Å². The number of carbonyl (C=O) groups excluding carboxylic acids is 1. The van der Waals surface area contributed by atoms with Crippen LogP contribution in [0.25, 0.3) is 0 Å². The predicted molar refractivity (Wildman–Crippen MR) is 105 cm³/mol. The number of likely N-dealkylation sites (N-methyl/N-ethyl adjacent to an activating group) is 1. The highest BCUT2D eigenvalue weighted by Crippen LogP contribution is 2.29. The first kappa shape index (κ1) is 20.7. The fourth-order valence-electron chi connectivity index (χ4n) is 4.08. The number of carbonyl (C=O) groups is 1. The van der Waals surface area contributed by atoms with Gasteiger partial charge in [0.2, 0.25) is 5.91 Å². The van der Waals surface area contributed by atoms with Crippen molar-refractivity contribution < 1.29 is 4.79 Å². The standard InChI is InChI=1S/C20H40N4O/c1-17(25)23-12-14-24(15-13-23)20(4,5)10-9-19(2,3)22(6)16-18-8-7-11-21-18/h18,21H,7-16H2,1-6H3/t18-/m0/s1. The van der Waals surface area contributed by atoms with Gasteiger partial charge in [-0.3, -0.25) is 14.6 Å². The highest BCUT2D eigenvalue weighted by Gasteiger charge is 2.34. The largest absolute Gasteiger partial charge is 0.340 e. The average molecular weight is 353 g/mol. The molecule has 0 radical (unpaired) electrons. The van der Waals surface area contributed by atoms with Crippen molar-refractivity contribution in [1.29, 1.82) is 0 Å². The minimum atomic E-state index is 0.187. The van der Waals surface area contributed by atoms with E-state index in [-0.39, 0.29) is 17.0 Å². The van der Waals surface area contributed by atoms with Crippen LogP contribution in [0.3, 0.4) is 0 Å². The molecule has 25 heavy (non-hydrogen) atoms. The maximum absolute atomic E-state index is 11.5. The minimum Gasteiger partial charge on any atom is -0.340 e. The summed E-state index contributed by atoms with van der Waals surface area (Å²) in [6.45, 7) is 17.2. The summed E-state index contributed by atoms with van der Waals surface area (Å²) in [7, 11) is 2.28. The molecule has 1 atom stereocenters. The van der Waals surface area contributed by atoms with Gasteiger partial charge in [0.1, 0.15) is 0 Å². The van der Waals surface area contributed by atoms with Crippen molar-refractivity contribution in [1.82, 2.24) is 20.0 Å². The number of nitrogens with one attached hydrogen (secondary N) is 1. The van der Waals surface area contributed by atoms with Gasteiger partial charge in [0.05, 0.1) is 0 Å². The van der Waals surface area contributed by atoms with Crippen molar-refractivity contribution in [2.24, 2.45) is 0 Å². The first-order valence-corrected chi connectivity index (χ1v) is 10.1. The third-order valence-corrected chi connectivity index (χ3v) is 6.62. The second kappa shape index (κ2) is 8.36. The zero-order valence-electron chi connectivity index (χ0n) is 17.4. The van der Waals surface area contributed by atoms with Crippen LogP contribution >= 0.6 is 0 Å². The zero-order chi connectivity index (χ0) is 18.7. The average Bonchev–Trinajstić information content (AvgIpc) is 3.06. The molecule has 0 aromatic heterocycles. The molecule has 0 unspecified atom stereocenters. The maximum Gasteiger partial charge on any atom is 0.219 e. The first-order valence-electron chi connectivity index (χ1n) is 10.1.